The van der Waals surface area contributed by atoms with Gasteiger partial charge in [0.2, 0.25) is 0 Å². The van der Waals surface area contributed by atoms with Crippen LogP contribution >= 0.6 is 0 Å². The SMILES string of the molecule is CCCCCCCCC[C@@H]1CC[C@@H]2CCCC[C@@H](C)N12. The van der Waals surface area contributed by atoms with Gasteiger partial charge in [0.25, 0.3) is 0 Å². The van der Waals surface area contributed by atoms with Crippen LogP contribution in [0.15, 0.2) is 0 Å². The fraction of sp³-hybridized carbons (Fsp3) is 1.00. The summed E-state index contributed by atoms with van der Waals surface area (Å²) in [6, 6.07) is 2.74. The van der Waals surface area contributed by atoms with Gasteiger partial charge in [-0.2, -0.15) is 0 Å². The Labute approximate surface area is 127 Å². The fourth-order valence-electron chi connectivity index (χ4n) is 4.59. The predicted molar refractivity (Wildman–Crippen MR) is 89.2 cm³/mol. The van der Waals surface area contributed by atoms with E-state index in [9.17, 15) is 0 Å². The summed E-state index contributed by atoms with van der Waals surface area (Å²) >= 11 is 0. The molecule has 0 amide bonds. The monoisotopic (exact) mass is 279 g/mol. The molecule has 0 N–H and O–H groups in total. The van der Waals surface area contributed by atoms with Gasteiger partial charge in [-0.3, -0.25) is 4.90 Å². The third-order valence-electron chi connectivity index (χ3n) is 5.74. The average molecular weight is 280 g/mol. The maximum Gasteiger partial charge on any atom is 0.0102 e. The molecular formula is C19H37N. The molecule has 20 heavy (non-hydrogen) atoms. The van der Waals surface area contributed by atoms with E-state index in [-0.39, 0.29) is 0 Å². The summed E-state index contributed by atoms with van der Waals surface area (Å²) in [6.45, 7) is 4.79. The second-order valence-electron chi connectivity index (χ2n) is 7.38. The van der Waals surface area contributed by atoms with Crippen molar-refractivity contribution in [1.82, 2.24) is 4.90 Å². The van der Waals surface area contributed by atoms with Gasteiger partial charge < -0.3 is 0 Å². The van der Waals surface area contributed by atoms with Crippen LogP contribution in [0.2, 0.25) is 0 Å². The van der Waals surface area contributed by atoms with Crippen molar-refractivity contribution in [2.75, 3.05) is 0 Å². The highest BCUT2D eigenvalue weighted by Crippen LogP contribution is 2.36. The van der Waals surface area contributed by atoms with Gasteiger partial charge in [0.1, 0.15) is 0 Å². The Kier molecular flexibility index (Phi) is 7.41. The first-order valence-electron chi connectivity index (χ1n) is 9.60. The van der Waals surface area contributed by atoms with E-state index in [1.165, 1.54) is 89.9 Å². The predicted octanol–water partition coefficient (Wildman–Crippen LogP) is 5.92. The molecule has 0 aliphatic carbocycles. The molecule has 2 aliphatic heterocycles. The summed E-state index contributed by atoms with van der Waals surface area (Å²) in [5.74, 6) is 0. The summed E-state index contributed by atoms with van der Waals surface area (Å²) in [7, 11) is 0. The molecule has 3 atom stereocenters. The van der Waals surface area contributed by atoms with Crippen molar-refractivity contribution in [1.29, 1.82) is 0 Å². The Morgan fingerprint density at radius 2 is 1.50 bits per heavy atom. The zero-order chi connectivity index (χ0) is 14.2. The molecule has 0 aromatic carbocycles. The molecule has 2 fully saturated rings. The third-order valence-corrected chi connectivity index (χ3v) is 5.74. The van der Waals surface area contributed by atoms with E-state index in [4.69, 9.17) is 0 Å². The standard InChI is InChI=1S/C19H37N/c1-3-4-5-6-7-8-9-13-18-15-16-19-14-11-10-12-17(2)20(18)19/h17-19H,3-16H2,1-2H3/t17-,18-,19+/m1/s1. The number of hydrogen-bond acceptors (Lipinski definition) is 1. The molecule has 0 bridgehead atoms. The molecule has 0 unspecified atom stereocenters. The fourth-order valence-corrected chi connectivity index (χ4v) is 4.59. The number of fused-ring (bicyclic) bond motifs is 1. The minimum atomic E-state index is 0.861. The smallest absolute Gasteiger partial charge is 0.0102 e. The Balaban J connectivity index is 1.63. The van der Waals surface area contributed by atoms with Crippen LogP contribution in [0.3, 0.4) is 0 Å². The molecule has 0 saturated carbocycles. The Morgan fingerprint density at radius 1 is 0.800 bits per heavy atom. The molecule has 0 aromatic heterocycles. The Morgan fingerprint density at radius 3 is 2.30 bits per heavy atom. The van der Waals surface area contributed by atoms with E-state index in [2.05, 4.69) is 18.7 Å². The molecule has 118 valence electrons. The number of unbranched alkanes of at least 4 members (excludes halogenated alkanes) is 6. The van der Waals surface area contributed by atoms with Crippen LogP contribution in [0.5, 0.6) is 0 Å². The largest absolute Gasteiger partial charge is 0.295 e. The zero-order valence-corrected chi connectivity index (χ0v) is 14.1. The van der Waals surface area contributed by atoms with Crippen molar-refractivity contribution in [3.63, 3.8) is 0 Å². The van der Waals surface area contributed by atoms with Crippen molar-refractivity contribution < 1.29 is 0 Å². The molecule has 2 rings (SSSR count). The lowest BCUT2D eigenvalue weighted by Gasteiger charge is -2.34. The minimum Gasteiger partial charge on any atom is -0.295 e. The maximum atomic E-state index is 2.93. The van der Waals surface area contributed by atoms with Gasteiger partial charge in [0.15, 0.2) is 0 Å². The first-order chi connectivity index (χ1) is 9.83. The van der Waals surface area contributed by atoms with Crippen LogP contribution in [0.1, 0.15) is 104 Å². The highest BCUT2D eigenvalue weighted by molar-refractivity contribution is 4.92. The highest BCUT2D eigenvalue weighted by atomic mass is 15.2. The van der Waals surface area contributed by atoms with Crippen molar-refractivity contribution >= 4 is 0 Å². The van der Waals surface area contributed by atoms with Crippen molar-refractivity contribution in [2.45, 2.75) is 122 Å². The maximum absolute atomic E-state index is 2.93. The van der Waals surface area contributed by atoms with Gasteiger partial charge in [-0.1, -0.05) is 64.7 Å². The molecule has 1 nitrogen and oxygen atoms in total. The van der Waals surface area contributed by atoms with Crippen molar-refractivity contribution in [2.24, 2.45) is 0 Å². The number of nitrogens with zero attached hydrogens (tertiary/aromatic N) is 1. The van der Waals surface area contributed by atoms with E-state index < -0.39 is 0 Å². The Bertz CT molecular complexity index is 250. The molecule has 2 heterocycles. The summed E-state index contributed by atoms with van der Waals surface area (Å²) < 4.78 is 0. The van der Waals surface area contributed by atoms with Crippen molar-refractivity contribution in [3.05, 3.63) is 0 Å². The first-order valence-corrected chi connectivity index (χ1v) is 9.60. The van der Waals surface area contributed by atoms with E-state index in [1.54, 1.807) is 0 Å². The number of rotatable bonds is 8. The van der Waals surface area contributed by atoms with Crippen LogP contribution in [-0.2, 0) is 0 Å². The lowest BCUT2D eigenvalue weighted by atomic mass is 10.0. The van der Waals surface area contributed by atoms with E-state index >= 15 is 0 Å². The van der Waals surface area contributed by atoms with Gasteiger partial charge >= 0.3 is 0 Å². The zero-order valence-electron chi connectivity index (χ0n) is 14.1. The Hall–Kier alpha value is -0.0400. The topological polar surface area (TPSA) is 3.24 Å². The van der Waals surface area contributed by atoms with Crippen LogP contribution in [-0.4, -0.2) is 23.0 Å². The molecule has 0 spiro atoms. The second-order valence-corrected chi connectivity index (χ2v) is 7.38. The van der Waals surface area contributed by atoms with Gasteiger partial charge in [-0.25, -0.2) is 0 Å². The highest BCUT2D eigenvalue weighted by Gasteiger charge is 2.36. The van der Waals surface area contributed by atoms with E-state index in [0.717, 1.165) is 18.1 Å². The lowest BCUT2D eigenvalue weighted by molar-refractivity contribution is 0.132. The van der Waals surface area contributed by atoms with Gasteiger partial charge in [0, 0.05) is 18.1 Å². The lowest BCUT2D eigenvalue weighted by Crippen LogP contribution is -2.41. The summed E-state index contributed by atoms with van der Waals surface area (Å²) in [5.41, 5.74) is 0. The second kappa shape index (κ2) is 9.07. The average Bonchev–Trinajstić information content (AvgIpc) is 2.76. The molecule has 0 radical (unpaired) electrons. The van der Waals surface area contributed by atoms with E-state index in [1.807, 2.05) is 0 Å². The molecule has 2 aliphatic rings. The van der Waals surface area contributed by atoms with E-state index in [0.29, 0.717) is 0 Å². The summed E-state index contributed by atoms with van der Waals surface area (Å²) in [6.07, 6.45) is 20.5. The quantitative estimate of drug-likeness (QED) is 0.498. The van der Waals surface area contributed by atoms with Crippen molar-refractivity contribution in [3.8, 4) is 0 Å². The van der Waals surface area contributed by atoms with Crippen LogP contribution in [0, 0.1) is 0 Å². The van der Waals surface area contributed by atoms with Gasteiger partial charge in [-0.15, -0.1) is 0 Å². The molecular weight excluding hydrogens is 242 g/mol. The molecule has 1 heteroatoms. The summed E-state index contributed by atoms with van der Waals surface area (Å²) in [4.78, 5) is 2.93. The number of hydrogen-bond donors (Lipinski definition) is 0. The van der Waals surface area contributed by atoms with Crippen LogP contribution in [0.25, 0.3) is 0 Å². The minimum absolute atomic E-state index is 0.861. The molecule has 0 aromatic rings. The molecule has 2 saturated heterocycles. The normalized spacial score (nSPS) is 31.2. The third kappa shape index (κ3) is 4.76. The first kappa shape index (κ1) is 16.3. The van der Waals surface area contributed by atoms with Gasteiger partial charge in [-0.05, 0) is 39.0 Å². The van der Waals surface area contributed by atoms with Gasteiger partial charge in [0.05, 0.1) is 0 Å². The van der Waals surface area contributed by atoms with Crippen LogP contribution in [0.4, 0.5) is 0 Å². The summed E-state index contributed by atoms with van der Waals surface area (Å²) in [5, 5.41) is 0. The van der Waals surface area contributed by atoms with Crippen LogP contribution < -0.4 is 0 Å².